The molecule has 0 spiro atoms. The maximum Gasteiger partial charge on any atom is 0.201 e. The normalized spacial score (nSPS) is 12.8. The molecule has 0 aromatic heterocycles. The van der Waals surface area contributed by atoms with E-state index in [-0.39, 0.29) is 0 Å². The molecule has 2 aromatic carbocycles. The Morgan fingerprint density at radius 3 is 1.95 bits per heavy atom. The quantitative estimate of drug-likeness (QED) is 0.709. The van der Waals surface area contributed by atoms with E-state index >= 15 is 0 Å². The fourth-order valence-electron chi connectivity index (χ4n) is 2.19. The van der Waals surface area contributed by atoms with Gasteiger partial charge in [0.1, 0.15) is 11.5 Å². The van der Waals surface area contributed by atoms with Crippen LogP contribution in [-0.2, 0) is 0 Å². The molecule has 0 aliphatic rings. The van der Waals surface area contributed by atoms with E-state index < -0.39 is 9.71 Å². The minimum absolute atomic E-state index is 0.400. The summed E-state index contributed by atoms with van der Waals surface area (Å²) in [6.07, 6.45) is 0. The van der Waals surface area contributed by atoms with Gasteiger partial charge in [0.2, 0.25) is 3.79 Å². The van der Waals surface area contributed by atoms with Crippen LogP contribution in [0.2, 0.25) is 0 Å². The van der Waals surface area contributed by atoms with Gasteiger partial charge in [-0.05, 0) is 35.4 Å². The molecule has 2 aromatic rings. The molecule has 0 N–H and O–H groups in total. The first-order chi connectivity index (χ1) is 9.95. The molecule has 2 rings (SSSR count). The highest BCUT2D eigenvalue weighted by Crippen LogP contribution is 2.46. The van der Waals surface area contributed by atoms with E-state index in [1.165, 1.54) is 0 Å². The standard InChI is InChI=1S/C16H15Cl3O2/c1-20-13-8-6-11(7-9-13)15(16(17,18)19)12-4-3-5-14(10-12)21-2/h3-10,15H,1-2H3/t15-/m0/s1. The Morgan fingerprint density at radius 2 is 1.43 bits per heavy atom. The Kier molecular flexibility index (Phi) is 5.26. The Balaban J connectivity index is 2.47. The summed E-state index contributed by atoms with van der Waals surface area (Å²) in [5.41, 5.74) is 1.77. The number of alkyl halides is 3. The molecule has 2 nitrogen and oxygen atoms in total. The fraction of sp³-hybridized carbons (Fsp3) is 0.250. The van der Waals surface area contributed by atoms with Gasteiger partial charge in [-0.1, -0.05) is 59.1 Å². The second-order valence-corrected chi connectivity index (χ2v) is 6.89. The van der Waals surface area contributed by atoms with E-state index in [2.05, 4.69) is 0 Å². The Hall–Kier alpha value is -1.09. The van der Waals surface area contributed by atoms with Crippen LogP contribution < -0.4 is 9.47 Å². The van der Waals surface area contributed by atoms with Crippen molar-refractivity contribution < 1.29 is 9.47 Å². The molecule has 0 aliphatic heterocycles. The number of rotatable bonds is 4. The van der Waals surface area contributed by atoms with Gasteiger partial charge in [-0.3, -0.25) is 0 Å². The molecule has 1 atom stereocenters. The molecule has 0 aliphatic carbocycles. The van der Waals surface area contributed by atoms with Crippen LogP contribution in [0.25, 0.3) is 0 Å². The summed E-state index contributed by atoms with van der Waals surface area (Å²) in [6, 6.07) is 15.0. The van der Waals surface area contributed by atoms with Crippen molar-refractivity contribution in [1.82, 2.24) is 0 Å². The van der Waals surface area contributed by atoms with Crippen LogP contribution >= 0.6 is 34.8 Å². The lowest BCUT2D eigenvalue weighted by molar-refractivity contribution is 0.413. The number of methoxy groups -OCH3 is 2. The van der Waals surface area contributed by atoms with Crippen molar-refractivity contribution in [2.24, 2.45) is 0 Å². The van der Waals surface area contributed by atoms with Crippen LogP contribution in [0.4, 0.5) is 0 Å². The SMILES string of the molecule is COc1ccc([C@@H](c2cccc(OC)c2)C(Cl)(Cl)Cl)cc1. The number of hydrogen-bond donors (Lipinski definition) is 0. The van der Waals surface area contributed by atoms with Gasteiger partial charge in [-0.25, -0.2) is 0 Å². The number of hydrogen-bond acceptors (Lipinski definition) is 2. The smallest absolute Gasteiger partial charge is 0.201 e. The van der Waals surface area contributed by atoms with Crippen LogP contribution in [0.5, 0.6) is 11.5 Å². The average Bonchev–Trinajstić information content (AvgIpc) is 2.47. The summed E-state index contributed by atoms with van der Waals surface area (Å²) in [5.74, 6) is 1.08. The fourth-order valence-corrected chi connectivity index (χ4v) is 2.94. The first kappa shape index (κ1) is 16.3. The lowest BCUT2D eigenvalue weighted by Crippen LogP contribution is -2.18. The highest BCUT2D eigenvalue weighted by Gasteiger charge is 2.35. The molecule has 0 radical (unpaired) electrons. The number of benzene rings is 2. The predicted molar refractivity (Wildman–Crippen MR) is 88.1 cm³/mol. The van der Waals surface area contributed by atoms with Crippen molar-refractivity contribution >= 4 is 34.8 Å². The summed E-state index contributed by atoms with van der Waals surface area (Å²) in [5, 5.41) is 0. The molecule has 0 amide bonds. The highest BCUT2D eigenvalue weighted by molar-refractivity contribution is 6.68. The Morgan fingerprint density at radius 1 is 0.810 bits per heavy atom. The van der Waals surface area contributed by atoms with E-state index in [1.54, 1.807) is 14.2 Å². The topological polar surface area (TPSA) is 18.5 Å². The minimum Gasteiger partial charge on any atom is -0.497 e. The van der Waals surface area contributed by atoms with Gasteiger partial charge in [0.25, 0.3) is 0 Å². The summed E-state index contributed by atoms with van der Waals surface area (Å²) >= 11 is 18.6. The molecule has 0 fully saturated rings. The van der Waals surface area contributed by atoms with Gasteiger partial charge in [0, 0.05) is 0 Å². The van der Waals surface area contributed by atoms with Crippen molar-refractivity contribution in [1.29, 1.82) is 0 Å². The van der Waals surface area contributed by atoms with Crippen molar-refractivity contribution in [3.63, 3.8) is 0 Å². The van der Waals surface area contributed by atoms with Crippen molar-refractivity contribution in [3.05, 3.63) is 59.7 Å². The molecule has 0 bridgehead atoms. The van der Waals surface area contributed by atoms with Gasteiger partial charge < -0.3 is 9.47 Å². The molecule has 0 saturated heterocycles. The lowest BCUT2D eigenvalue weighted by Gasteiger charge is -2.26. The highest BCUT2D eigenvalue weighted by atomic mass is 35.6. The van der Waals surface area contributed by atoms with E-state index in [9.17, 15) is 0 Å². The van der Waals surface area contributed by atoms with Crippen molar-refractivity contribution in [3.8, 4) is 11.5 Å². The molecule has 0 saturated carbocycles. The molecular formula is C16H15Cl3O2. The van der Waals surface area contributed by atoms with Gasteiger partial charge in [-0.2, -0.15) is 0 Å². The van der Waals surface area contributed by atoms with Crippen molar-refractivity contribution in [2.45, 2.75) is 9.71 Å². The maximum atomic E-state index is 6.20. The van der Waals surface area contributed by atoms with Crippen LogP contribution in [0.3, 0.4) is 0 Å². The zero-order valence-corrected chi connectivity index (χ0v) is 13.9. The summed E-state index contributed by atoms with van der Waals surface area (Å²) in [6.45, 7) is 0. The molecule has 0 unspecified atom stereocenters. The third kappa shape index (κ3) is 3.97. The average molecular weight is 346 g/mol. The predicted octanol–water partition coefficient (Wildman–Crippen LogP) is 5.21. The second kappa shape index (κ2) is 6.78. The first-order valence-electron chi connectivity index (χ1n) is 6.30. The third-order valence-electron chi connectivity index (χ3n) is 3.20. The largest absolute Gasteiger partial charge is 0.497 e. The number of halogens is 3. The summed E-state index contributed by atoms with van der Waals surface area (Å²) < 4.78 is 8.93. The zero-order chi connectivity index (χ0) is 15.5. The van der Waals surface area contributed by atoms with Crippen LogP contribution in [0.1, 0.15) is 17.0 Å². The number of ether oxygens (including phenoxy) is 2. The summed E-state index contributed by atoms with van der Waals surface area (Å²) in [4.78, 5) is 0. The molecule has 0 heterocycles. The lowest BCUT2D eigenvalue weighted by atomic mass is 9.92. The molecule has 21 heavy (non-hydrogen) atoms. The van der Waals surface area contributed by atoms with Gasteiger partial charge in [0.15, 0.2) is 0 Å². The van der Waals surface area contributed by atoms with E-state index in [0.717, 1.165) is 22.6 Å². The monoisotopic (exact) mass is 344 g/mol. The zero-order valence-electron chi connectivity index (χ0n) is 11.6. The van der Waals surface area contributed by atoms with Gasteiger partial charge in [0.05, 0.1) is 20.1 Å². The minimum atomic E-state index is -1.47. The van der Waals surface area contributed by atoms with Gasteiger partial charge >= 0.3 is 0 Å². The van der Waals surface area contributed by atoms with E-state index in [4.69, 9.17) is 44.3 Å². The van der Waals surface area contributed by atoms with E-state index in [1.807, 2.05) is 48.5 Å². The van der Waals surface area contributed by atoms with Gasteiger partial charge in [-0.15, -0.1) is 0 Å². The second-order valence-electron chi connectivity index (χ2n) is 4.52. The summed E-state index contributed by atoms with van der Waals surface area (Å²) in [7, 11) is 3.22. The van der Waals surface area contributed by atoms with Crippen LogP contribution in [0.15, 0.2) is 48.5 Å². The first-order valence-corrected chi connectivity index (χ1v) is 7.43. The third-order valence-corrected chi connectivity index (χ3v) is 3.86. The van der Waals surface area contributed by atoms with Crippen molar-refractivity contribution in [2.75, 3.05) is 14.2 Å². The van der Waals surface area contributed by atoms with Crippen LogP contribution in [0, 0.1) is 0 Å². The molecular weight excluding hydrogens is 331 g/mol. The molecule has 112 valence electrons. The van der Waals surface area contributed by atoms with E-state index in [0.29, 0.717) is 0 Å². The maximum absolute atomic E-state index is 6.20. The Bertz CT molecular complexity index is 591. The molecule has 5 heteroatoms. The Labute approximate surface area is 139 Å². The van der Waals surface area contributed by atoms with Crippen LogP contribution in [-0.4, -0.2) is 18.0 Å².